The molecule has 0 aliphatic heterocycles. The normalized spacial score (nSPS) is 11.0. The smallest absolute Gasteiger partial charge is 0.122 e. The number of aliphatic hydroxyl groups is 1. The van der Waals surface area contributed by atoms with Crippen LogP contribution in [0.2, 0.25) is 0 Å². The van der Waals surface area contributed by atoms with Gasteiger partial charge in [-0.05, 0) is 56.5 Å². The number of ether oxygens (including phenoxy) is 1. The SMILES string of the molecule is COc1ccc(CCN(C)CCCO)c(C)c1C. The zero-order valence-electron chi connectivity index (χ0n) is 12.0. The average Bonchev–Trinajstić information content (AvgIpc) is 2.38. The molecule has 3 heteroatoms. The molecule has 0 bridgehead atoms. The molecule has 0 unspecified atom stereocenters. The average molecular weight is 251 g/mol. The summed E-state index contributed by atoms with van der Waals surface area (Å²) in [5, 5.41) is 8.80. The van der Waals surface area contributed by atoms with Gasteiger partial charge in [-0.25, -0.2) is 0 Å². The van der Waals surface area contributed by atoms with Gasteiger partial charge in [-0.2, -0.15) is 0 Å². The summed E-state index contributed by atoms with van der Waals surface area (Å²) in [5.74, 6) is 0.963. The molecular formula is C15H25NO2. The molecule has 0 saturated heterocycles. The largest absolute Gasteiger partial charge is 0.496 e. The van der Waals surface area contributed by atoms with E-state index >= 15 is 0 Å². The number of aliphatic hydroxyl groups excluding tert-OH is 1. The van der Waals surface area contributed by atoms with Gasteiger partial charge in [0, 0.05) is 19.7 Å². The van der Waals surface area contributed by atoms with Crippen LogP contribution < -0.4 is 4.74 Å². The van der Waals surface area contributed by atoms with E-state index in [1.165, 1.54) is 16.7 Å². The highest BCUT2D eigenvalue weighted by Gasteiger charge is 2.07. The molecule has 18 heavy (non-hydrogen) atoms. The van der Waals surface area contributed by atoms with E-state index in [4.69, 9.17) is 9.84 Å². The van der Waals surface area contributed by atoms with Crippen LogP contribution in [0.1, 0.15) is 23.1 Å². The number of rotatable bonds is 7. The Hall–Kier alpha value is -1.06. The second-order valence-electron chi connectivity index (χ2n) is 4.81. The van der Waals surface area contributed by atoms with E-state index in [1.54, 1.807) is 7.11 Å². The van der Waals surface area contributed by atoms with Gasteiger partial charge < -0.3 is 14.7 Å². The van der Waals surface area contributed by atoms with Gasteiger partial charge in [0.2, 0.25) is 0 Å². The molecule has 0 amide bonds. The van der Waals surface area contributed by atoms with Crippen LogP contribution >= 0.6 is 0 Å². The molecule has 0 aromatic heterocycles. The van der Waals surface area contributed by atoms with E-state index < -0.39 is 0 Å². The molecule has 1 rings (SSSR count). The van der Waals surface area contributed by atoms with Gasteiger partial charge in [-0.3, -0.25) is 0 Å². The van der Waals surface area contributed by atoms with Gasteiger partial charge in [0.1, 0.15) is 5.75 Å². The van der Waals surface area contributed by atoms with Crippen molar-refractivity contribution < 1.29 is 9.84 Å². The summed E-state index contributed by atoms with van der Waals surface area (Å²) in [6.45, 7) is 6.50. The highest BCUT2D eigenvalue weighted by molar-refractivity contribution is 5.43. The van der Waals surface area contributed by atoms with Gasteiger partial charge in [0.15, 0.2) is 0 Å². The summed E-state index contributed by atoms with van der Waals surface area (Å²) in [7, 11) is 3.81. The Morgan fingerprint density at radius 3 is 2.50 bits per heavy atom. The molecule has 1 N–H and O–H groups in total. The molecule has 0 aliphatic rings. The molecule has 0 saturated carbocycles. The number of hydrogen-bond acceptors (Lipinski definition) is 3. The summed E-state index contributed by atoms with van der Waals surface area (Å²) in [5.41, 5.74) is 3.93. The minimum absolute atomic E-state index is 0.269. The molecule has 0 heterocycles. The van der Waals surface area contributed by atoms with Gasteiger partial charge in [0.25, 0.3) is 0 Å². The van der Waals surface area contributed by atoms with Crippen LogP contribution in [0, 0.1) is 13.8 Å². The van der Waals surface area contributed by atoms with Crippen LogP contribution in [0.3, 0.4) is 0 Å². The van der Waals surface area contributed by atoms with Crippen LogP contribution in [0.5, 0.6) is 5.75 Å². The predicted octanol–water partition coefficient (Wildman–Crippen LogP) is 2.17. The lowest BCUT2D eigenvalue weighted by atomic mass is 10.00. The Bertz CT molecular complexity index is 377. The third-order valence-electron chi connectivity index (χ3n) is 3.53. The zero-order valence-corrected chi connectivity index (χ0v) is 12.0. The maximum atomic E-state index is 8.80. The Kier molecular flexibility index (Phi) is 6.16. The van der Waals surface area contributed by atoms with E-state index in [0.717, 1.165) is 31.7 Å². The lowest BCUT2D eigenvalue weighted by Crippen LogP contribution is -2.23. The first kappa shape index (κ1) is 15.0. The summed E-state index contributed by atoms with van der Waals surface area (Å²) < 4.78 is 5.32. The summed E-state index contributed by atoms with van der Waals surface area (Å²) in [6, 6.07) is 4.20. The molecule has 0 spiro atoms. The Labute approximate surface area is 110 Å². The van der Waals surface area contributed by atoms with Crippen molar-refractivity contribution in [1.82, 2.24) is 4.90 Å². The maximum absolute atomic E-state index is 8.80. The Morgan fingerprint density at radius 1 is 1.17 bits per heavy atom. The van der Waals surface area contributed by atoms with Crippen molar-refractivity contribution in [1.29, 1.82) is 0 Å². The van der Waals surface area contributed by atoms with Crippen molar-refractivity contribution >= 4 is 0 Å². The van der Waals surface area contributed by atoms with E-state index in [1.807, 2.05) is 6.07 Å². The zero-order chi connectivity index (χ0) is 13.5. The van der Waals surface area contributed by atoms with Gasteiger partial charge in [-0.15, -0.1) is 0 Å². The lowest BCUT2D eigenvalue weighted by molar-refractivity contribution is 0.248. The van der Waals surface area contributed by atoms with Crippen molar-refractivity contribution in [2.45, 2.75) is 26.7 Å². The second kappa shape index (κ2) is 7.39. The number of nitrogens with zero attached hydrogens (tertiary/aromatic N) is 1. The third kappa shape index (κ3) is 4.00. The number of hydrogen-bond donors (Lipinski definition) is 1. The molecule has 102 valence electrons. The fourth-order valence-electron chi connectivity index (χ4n) is 2.11. The van der Waals surface area contributed by atoms with Crippen LogP contribution in [0.15, 0.2) is 12.1 Å². The van der Waals surface area contributed by atoms with Crippen molar-refractivity contribution in [3.63, 3.8) is 0 Å². The highest BCUT2D eigenvalue weighted by atomic mass is 16.5. The van der Waals surface area contributed by atoms with E-state index in [-0.39, 0.29) is 6.61 Å². The molecule has 0 aliphatic carbocycles. The molecule has 0 fully saturated rings. The lowest BCUT2D eigenvalue weighted by Gasteiger charge is -2.18. The Balaban J connectivity index is 2.60. The quantitative estimate of drug-likeness (QED) is 0.806. The molecule has 1 aromatic rings. The first-order chi connectivity index (χ1) is 8.60. The fraction of sp³-hybridized carbons (Fsp3) is 0.600. The maximum Gasteiger partial charge on any atom is 0.122 e. The van der Waals surface area contributed by atoms with Gasteiger partial charge in [-0.1, -0.05) is 6.07 Å². The van der Waals surface area contributed by atoms with Crippen molar-refractivity contribution in [2.24, 2.45) is 0 Å². The van der Waals surface area contributed by atoms with E-state index in [0.29, 0.717) is 0 Å². The fourth-order valence-corrected chi connectivity index (χ4v) is 2.11. The van der Waals surface area contributed by atoms with Crippen molar-refractivity contribution in [2.75, 3.05) is 33.9 Å². The molecule has 0 radical (unpaired) electrons. The first-order valence-electron chi connectivity index (χ1n) is 6.52. The minimum Gasteiger partial charge on any atom is -0.496 e. The monoisotopic (exact) mass is 251 g/mol. The standard InChI is InChI=1S/C15H25NO2/c1-12-13(2)15(18-4)7-6-14(12)8-10-16(3)9-5-11-17/h6-7,17H,5,8-11H2,1-4H3. The minimum atomic E-state index is 0.269. The van der Waals surface area contributed by atoms with Crippen molar-refractivity contribution in [3.05, 3.63) is 28.8 Å². The Morgan fingerprint density at radius 2 is 1.89 bits per heavy atom. The van der Waals surface area contributed by atoms with E-state index in [2.05, 4.69) is 31.9 Å². The van der Waals surface area contributed by atoms with Crippen LogP contribution in [-0.2, 0) is 6.42 Å². The number of methoxy groups -OCH3 is 1. The van der Waals surface area contributed by atoms with Crippen LogP contribution in [-0.4, -0.2) is 43.9 Å². The molecule has 3 nitrogen and oxygen atoms in total. The molecule has 0 atom stereocenters. The number of likely N-dealkylation sites (N-methyl/N-ethyl adjacent to an activating group) is 1. The first-order valence-corrected chi connectivity index (χ1v) is 6.52. The van der Waals surface area contributed by atoms with E-state index in [9.17, 15) is 0 Å². The summed E-state index contributed by atoms with van der Waals surface area (Å²) in [6.07, 6.45) is 1.88. The highest BCUT2D eigenvalue weighted by Crippen LogP contribution is 2.24. The second-order valence-corrected chi connectivity index (χ2v) is 4.81. The third-order valence-corrected chi connectivity index (χ3v) is 3.53. The molecular weight excluding hydrogens is 226 g/mol. The predicted molar refractivity (Wildman–Crippen MR) is 75.4 cm³/mol. The van der Waals surface area contributed by atoms with Crippen molar-refractivity contribution in [3.8, 4) is 5.75 Å². The summed E-state index contributed by atoms with van der Waals surface area (Å²) in [4.78, 5) is 2.26. The molecule has 1 aromatic carbocycles. The van der Waals surface area contributed by atoms with Crippen LogP contribution in [0.25, 0.3) is 0 Å². The number of benzene rings is 1. The van der Waals surface area contributed by atoms with Crippen LogP contribution in [0.4, 0.5) is 0 Å². The van der Waals surface area contributed by atoms with Gasteiger partial charge >= 0.3 is 0 Å². The van der Waals surface area contributed by atoms with Gasteiger partial charge in [0.05, 0.1) is 7.11 Å². The topological polar surface area (TPSA) is 32.7 Å². The summed E-state index contributed by atoms with van der Waals surface area (Å²) >= 11 is 0.